The van der Waals surface area contributed by atoms with Crippen molar-refractivity contribution in [2.24, 2.45) is 5.14 Å². The van der Waals surface area contributed by atoms with Gasteiger partial charge in [0.05, 0.1) is 0 Å². The van der Waals surface area contributed by atoms with Gasteiger partial charge in [-0.05, 0) is 10.8 Å². The van der Waals surface area contributed by atoms with Crippen LogP contribution in [0.25, 0.3) is 0 Å². The number of rotatable bonds is 1. The molecule has 4 heteroatoms. The van der Waals surface area contributed by atoms with Crippen LogP contribution in [0, 0.1) is 0 Å². The number of hydrogen-bond donors (Lipinski definition) is 1. The molecule has 1 rings (SSSR count). The van der Waals surface area contributed by atoms with Crippen LogP contribution < -0.4 is 5.14 Å². The van der Waals surface area contributed by atoms with Gasteiger partial charge in [0, 0.05) is 0 Å². The second-order valence-electron chi connectivity index (χ2n) is 0.969. The molecule has 0 aromatic carbocycles. The first-order valence-electron chi connectivity index (χ1n) is 1.75. The zero-order chi connectivity index (χ0) is 5.11. The highest BCUT2D eigenvalue weighted by Gasteiger charge is 2.08. The van der Waals surface area contributed by atoms with Gasteiger partial charge in [-0.25, -0.2) is 0 Å². The minimum absolute atomic E-state index is 0.514. The van der Waals surface area contributed by atoms with Gasteiger partial charge in [-0.1, -0.05) is 11.9 Å². The lowest BCUT2D eigenvalue weighted by molar-refractivity contribution is 1.95. The molecule has 1 heterocycles. The van der Waals surface area contributed by atoms with E-state index in [1.54, 1.807) is 23.5 Å². The Hall–Kier alpha value is 0.750. The average Bonchev–Trinajstić information content (AvgIpc) is 2.14. The largest absolute Gasteiger partial charge is 0.276 e. The Bertz CT molecular complexity index is 74.2. The van der Waals surface area contributed by atoms with E-state index in [-0.39, 0.29) is 0 Å². The van der Waals surface area contributed by atoms with Gasteiger partial charge in [0.25, 0.3) is 0 Å². The van der Waals surface area contributed by atoms with E-state index < -0.39 is 0 Å². The first kappa shape index (κ1) is 5.88. The van der Waals surface area contributed by atoms with Crippen LogP contribution in [-0.4, -0.2) is 3.91 Å². The third kappa shape index (κ3) is 1.60. The molecule has 0 radical (unpaired) electrons. The van der Waals surface area contributed by atoms with E-state index in [0.29, 0.717) is 3.91 Å². The van der Waals surface area contributed by atoms with Crippen molar-refractivity contribution in [2.45, 2.75) is 3.91 Å². The van der Waals surface area contributed by atoms with Crippen molar-refractivity contribution in [1.29, 1.82) is 0 Å². The van der Waals surface area contributed by atoms with E-state index >= 15 is 0 Å². The molecule has 1 aliphatic heterocycles. The summed E-state index contributed by atoms with van der Waals surface area (Å²) in [7, 11) is 0. The van der Waals surface area contributed by atoms with Crippen molar-refractivity contribution >= 4 is 35.5 Å². The monoisotopic (exact) mass is 151 g/mol. The highest BCUT2D eigenvalue weighted by Crippen LogP contribution is 2.38. The summed E-state index contributed by atoms with van der Waals surface area (Å²) in [5.41, 5.74) is 0. The molecule has 0 saturated carbocycles. The molecule has 0 aliphatic carbocycles. The topological polar surface area (TPSA) is 26.0 Å². The fraction of sp³-hybridized carbons (Fsp3) is 0.333. The Morgan fingerprint density at radius 3 is 2.29 bits per heavy atom. The Labute approximate surface area is 55.6 Å². The molecule has 40 valence electrons. The van der Waals surface area contributed by atoms with Crippen LogP contribution in [0.15, 0.2) is 10.8 Å². The predicted octanol–water partition coefficient (Wildman–Crippen LogP) is 1.83. The van der Waals surface area contributed by atoms with Gasteiger partial charge in [-0.3, -0.25) is 5.14 Å². The van der Waals surface area contributed by atoms with E-state index in [2.05, 4.69) is 10.8 Å². The summed E-state index contributed by atoms with van der Waals surface area (Å²) in [5, 5.41) is 9.40. The highest BCUT2D eigenvalue weighted by molar-refractivity contribution is 8.35. The third-order valence-corrected chi connectivity index (χ3v) is 3.97. The van der Waals surface area contributed by atoms with Crippen LogP contribution in [0.5, 0.6) is 0 Å². The minimum atomic E-state index is 0.514. The number of nitrogens with two attached hydrogens (primary N) is 1. The summed E-state index contributed by atoms with van der Waals surface area (Å²) in [6.07, 6.45) is 0. The maximum absolute atomic E-state index is 5.27. The van der Waals surface area contributed by atoms with Crippen molar-refractivity contribution in [3.8, 4) is 0 Å². The fourth-order valence-electron chi connectivity index (χ4n) is 0.289. The molecule has 1 aliphatic rings. The molecule has 1 nitrogen and oxygen atoms in total. The maximum atomic E-state index is 5.27. The van der Waals surface area contributed by atoms with Gasteiger partial charge in [-0.2, -0.15) is 0 Å². The summed E-state index contributed by atoms with van der Waals surface area (Å²) in [6.45, 7) is 0. The molecule has 0 saturated heterocycles. The Balaban J connectivity index is 2.22. The second-order valence-corrected chi connectivity index (χ2v) is 4.64. The van der Waals surface area contributed by atoms with Crippen LogP contribution in [0.3, 0.4) is 0 Å². The lowest BCUT2D eigenvalue weighted by atomic mass is 11.3. The van der Waals surface area contributed by atoms with Crippen LogP contribution >= 0.6 is 35.5 Å². The van der Waals surface area contributed by atoms with Crippen LogP contribution in [0.4, 0.5) is 0 Å². The third-order valence-electron chi connectivity index (χ3n) is 0.546. The van der Waals surface area contributed by atoms with Crippen LogP contribution in [0.1, 0.15) is 0 Å². The minimum Gasteiger partial charge on any atom is -0.276 e. The zero-order valence-electron chi connectivity index (χ0n) is 3.53. The Kier molecular flexibility index (Phi) is 2.45. The van der Waals surface area contributed by atoms with Crippen molar-refractivity contribution < 1.29 is 0 Å². The van der Waals surface area contributed by atoms with E-state index in [4.69, 9.17) is 5.14 Å². The van der Waals surface area contributed by atoms with Gasteiger partial charge in [0.1, 0.15) is 3.91 Å². The fourth-order valence-corrected chi connectivity index (χ4v) is 2.60. The zero-order valence-corrected chi connectivity index (χ0v) is 5.98. The Morgan fingerprint density at radius 2 is 2.00 bits per heavy atom. The molecular formula is C3H5NS3. The van der Waals surface area contributed by atoms with E-state index in [9.17, 15) is 0 Å². The quantitative estimate of drug-likeness (QED) is 0.578. The standard InChI is InChI=1S/C3H5NS3/c4-7-3-5-1-2-6-3/h1-3H,4H2. The van der Waals surface area contributed by atoms with E-state index in [1.165, 1.54) is 11.9 Å². The van der Waals surface area contributed by atoms with Gasteiger partial charge < -0.3 is 0 Å². The van der Waals surface area contributed by atoms with E-state index in [1.807, 2.05) is 0 Å². The van der Waals surface area contributed by atoms with E-state index in [0.717, 1.165) is 0 Å². The molecular weight excluding hydrogens is 146 g/mol. The van der Waals surface area contributed by atoms with Crippen molar-refractivity contribution in [1.82, 2.24) is 0 Å². The normalized spacial score (nSPS) is 21.3. The molecule has 0 bridgehead atoms. The van der Waals surface area contributed by atoms with Gasteiger partial charge in [0.15, 0.2) is 0 Å². The molecule has 0 amide bonds. The Morgan fingerprint density at radius 1 is 1.43 bits per heavy atom. The molecule has 0 spiro atoms. The summed E-state index contributed by atoms with van der Waals surface area (Å²) in [6, 6.07) is 0. The molecule has 2 N–H and O–H groups in total. The number of hydrogen-bond acceptors (Lipinski definition) is 4. The maximum Gasteiger partial charge on any atom is 0.118 e. The highest BCUT2D eigenvalue weighted by atomic mass is 32.3. The number of thioether (sulfide) groups is 2. The summed E-state index contributed by atoms with van der Waals surface area (Å²) < 4.78 is 0.514. The van der Waals surface area contributed by atoms with Crippen LogP contribution in [0.2, 0.25) is 0 Å². The lowest BCUT2D eigenvalue weighted by Gasteiger charge is -1.97. The SMILES string of the molecule is NSC1SC=CS1. The lowest BCUT2D eigenvalue weighted by Crippen LogP contribution is -1.87. The molecule has 7 heavy (non-hydrogen) atoms. The molecule has 0 aromatic heterocycles. The van der Waals surface area contributed by atoms with Crippen molar-refractivity contribution in [2.75, 3.05) is 0 Å². The smallest absolute Gasteiger partial charge is 0.118 e. The molecule has 0 atom stereocenters. The van der Waals surface area contributed by atoms with Crippen molar-refractivity contribution in [3.63, 3.8) is 0 Å². The van der Waals surface area contributed by atoms with Gasteiger partial charge in [0.2, 0.25) is 0 Å². The summed E-state index contributed by atoms with van der Waals surface area (Å²) in [4.78, 5) is 0. The summed E-state index contributed by atoms with van der Waals surface area (Å²) in [5.74, 6) is 0. The van der Waals surface area contributed by atoms with Crippen molar-refractivity contribution in [3.05, 3.63) is 10.8 Å². The average molecular weight is 151 g/mol. The molecule has 0 aromatic rings. The summed E-state index contributed by atoms with van der Waals surface area (Å²) >= 11 is 4.92. The molecule has 0 fully saturated rings. The first-order chi connectivity index (χ1) is 3.43. The van der Waals surface area contributed by atoms with Gasteiger partial charge >= 0.3 is 0 Å². The second kappa shape index (κ2) is 2.91. The molecule has 0 unspecified atom stereocenters. The predicted molar refractivity (Wildman–Crippen MR) is 39.9 cm³/mol. The van der Waals surface area contributed by atoms with Crippen LogP contribution in [-0.2, 0) is 0 Å². The first-order valence-corrected chi connectivity index (χ1v) is 4.58. The van der Waals surface area contributed by atoms with Gasteiger partial charge in [-0.15, -0.1) is 23.5 Å².